The van der Waals surface area contributed by atoms with Crippen LogP contribution in [-0.2, 0) is 63.4 Å². The molecule has 6 rings (SSSR count). The van der Waals surface area contributed by atoms with Gasteiger partial charge in [-0.3, -0.25) is 0 Å². The van der Waals surface area contributed by atoms with Crippen molar-refractivity contribution in [1.82, 2.24) is 4.98 Å². The maximum absolute atomic E-state index is 5.78. The Kier molecular flexibility index (Phi) is 14.3. The molecule has 2 radical (unpaired) electrons. The molecule has 0 N–H and O–H groups in total. The van der Waals surface area contributed by atoms with Gasteiger partial charge in [0.2, 0.25) is 5.88 Å². The Morgan fingerprint density at radius 3 is 1.68 bits per heavy atom. The maximum Gasteiger partial charge on any atom is 0.324 e. The third-order valence-corrected chi connectivity index (χ3v) is 5.92. The first-order valence-corrected chi connectivity index (χ1v) is 11.5. The zero-order chi connectivity index (χ0) is 23.3. The largest absolute Gasteiger partial charge is 0.457 e. The molecule has 1 aromatic heterocycles. The second-order valence-electron chi connectivity index (χ2n) is 8.31. The fourth-order valence-corrected chi connectivity index (χ4v) is 4.10. The molecule has 198 valence electrons. The summed E-state index contributed by atoms with van der Waals surface area (Å²) in [4.78, 5) is 4.13. The average Bonchev–Trinajstić information content (AvgIpc) is 3.42. The zero-order valence-corrected chi connectivity index (χ0v) is 27.5. The average molecular weight is 852 g/mol. The molecule has 0 saturated heterocycles. The van der Waals surface area contributed by atoms with Crippen molar-refractivity contribution in [3.8, 4) is 23.1 Å². The topological polar surface area (TPSA) is 49.8 Å². The predicted molar refractivity (Wildman–Crippen MR) is 149 cm³/mol. The third-order valence-electron chi connectivity index (χ3n) is 5.92. The number of rotatable bonds is 4. The van der Waals surface area contributed by atoms with Gasteiger partial charge in [0.15, 0.2) is 0 Å². The molecule has 2 aliphatic rings. The Hall–Kier alpha value is -2.22. The molecule has 0 amide bonds. The molecule has 3 aromatic carbocycles. The van der Waals surface area contributed by atoms with Gasteiger partial charge in [0, 0.05) is 53.1 Å². The number of nitrogens with zero attached hydrogens (tertiary/aromatic N) is 1. The summed E-state index contributed by atoms with van der Waals surface area (Å²) >= 11 is 0. The number of hydrogen-bond acceptors (Lipinski definition) is 5. The Morgan fingerprint density at radius 2 is 1.16 bits per heavy atom. The molecule has 2 aliphatic heterocycles. The first-order valence-electron chi connectivity index (χ1n) is 11.5. The minimum Gasteiger partial charge on any atom is -0.457 e. The van der Waals surface area contributed by atoms with Crippen molar-refractivity contribution in [2.24, 2.45) is 0 Å². The Bertz CT molecular complexity index is 1170. The van der Waals surface area contributed by atoms with Crippen molar-refractivity contribution >= 4 is 24.8 Å². The van der Waals surface area contributed by atoms with Gasteiger partial charge in [0.25, 0.3) is 0 Å². The molecule has 0 spiro atoms. The second-order valence-corrected chi connectivity index (χ2v) is 8.31. The zero-order valence-electron chi connectivity index (χ0n) is 22.1. The number of benzene rings is 3. The predicted octanol–water partition coefficient (Wildman–Crippen LogP) is 5.97. The summed E-state index contributed by atoms with van der Waals surface area (Å²) in [5.74, 6) is 3.15. The van der Waals surface area contributed by atoms with E-state index in [-0.39, 0.29) is 69.5 Å². The number of fused-ring (bicyclic) bond motifs is 2. The first kappa shape index (κ1) is 33.8. The van der Waals surface area contributed by atoms with Crippen molar-refractivity contribution in [2.45, 2.75) is 26.9 Å². The van der Waals surface area contributed by atoms with E-state index in [4.69, 9.17) is 18.8 Å². The van der Waals surface area contributed by atoms with Gasteiger partial charge < -0.3 is 33.6 Å². The SMILES string of the molecule is CB1OCc2cc(Oc3ccccc3)ccc21.CB1OCc2cc(Oc3ccccn3)ccc21.[CH3-].[CH3-].[Re].[Re]. The maximum atomic E-state index is 5.78. The molecular weight excluding hydrogens is 820 g/mol. The minimum atomic E-state index is 0. The fraction of sp³-hybridized carbons (Fsp3) is 0.138. The molecule has 9 heteroatoms. The molecule has 5 nitrogen and oxygen atoms in total. The quantitative estimate of drug-likeness (QED) is 0.188. The van der Waals surface area contributed by atoms with E-state index in [1.54, 1.807) is 6.20 Å². The molecule has 0 aliphatic carbocycles. The summed E-state index contributed by atoms with van der Waals surface area (Å²) in [5, 5.41) is 0. The van der Waals surface area contributed by atoms with Gasteiger partial charge in [-0.15, -0.1) is 0 Å². The molecular formula is C29H31B2NO4Re2-2. The van der Waals surface area contributed by atoms with Crippen LogP contribution in [0.4, 0.5) is 0 Å². The summed E-state index contributed by atoms with van der Waals surface area (Å²) < 4.78 is 22.6. The van der Waals surface area contributed by atoms with Crippen molar-refractivity contribution < 1.29 is 59.6 Å². The van der Waals surface area contributed by atoms with E-state index in [9.17, 15) is 0 Å². The van der Waals surface area contributed by atoms with Gasteiger partial charge in [0.05, 0.1) is 13.2 Å². The Labute approximate surface area is 255 Å². The fourth-order valence-electron chi connectivity index (χ4n) is 4.10. The van der Waals surface area contributed by atoms with Crippen LogP contribution in [0.2, 0.25) is 13.6 Å². The van der Waals surface area contributed by atoms with Gasteiger partial charge in [0.1, 0.15) is 17.2 Å². The molecule has 0 fully saturated rings. The van der Waals surface area contributed by atoms with Crippen LogP contribution in [0.5, 0.6) is 23.1 Å². The third kappa shape index (κ3) is 8.39. The molecule has 0 atom stereocenters. The van der Waals surface area contributed by atoms with Gasteiger partial charge >= 0.3 is 13.8 Å². The smallest absolute Gasteiger partial charge is 0.324 e. The van der Waals surface area contributed by atoms with Gasteiger partial charge in [-0.25, -0.2) is 4.98 Å². The van der Waals surface area contributed by atoms with E-state index in [0.29, 0.717) is 19.1 Å². The van der Waals surface area contributed by atoms with Gasteiger partial charge in [-0.2, -0.15) is 0 Å². The van der Waals surface area contributed by atoms with Crippen LogP contribution in [0.3, 0.4) is 0 Å². The normalized spacial score (nSPS) is 12.2. The summed E-state index contributed by atoms with van der Waals surface area (Å²) in [6.07, 6.45) is 1.72. The van der Waals surface area contributed by atoms with Gasteiger partial charge in [-0.1, -0.05) is 50.0 Å². The van der Waals surface area contributed by atoms with Crippen LogP contribution in [0, 0.1) is 14.9 Å². The standard InChI is InChI=1S/C14H13BO2.C13H12BNO2.2CH3.2Re/c1-15-14-8-7-13(9-11(14)10-16-15)17-12-5-3-2-4-6-12;1-14-12-6-5-11(8-10(12)9-16-14)17-13-4-2-3-7-15-13;;;;/h2-9H,10H2,1H3;2-8H,9H2,1H3;2*1H3;;/q;;2*-1;;. The number of hydrogen-bond donors (Lipinski definition) is 0. The number of aromatic nitrogens is 1. The van der Waals surface area contributed by atoms with Crippen molar-refractivity contribution in [2.75, 3.05) is 0 Å². The molecule has 38 heavy (non-hydrogen) atoms. The van der Waals surface area contributed by atoms with Crippen molar-refractivity contribution in [1.29, 1.82) is 0 Å². The Balaban J connectivity index is 0.000000344. The Morgan fingerprint density at radius 1 is 0.632 bits per heavy atom. The van der Waals surface area contributed by atoms with Crippen LogP contribution in [0.1, 0.15) is 11.1 Å². The van der Waals surface area contributed by atoms with E-state index in [1.165, 1.54) is 22.1 Å². The van der Waals surface area contributed by atoms with E-state index in [1.807, 2.05) is 66.7 Å². The van der Waals surface area contributed by atoms with Crippen LogP contribution in [-0.4, -0.2) is 18.8 Å². The second kappa shape index (κ2) is 16.0. The van der Waals surface area contributed by atoms with E-state index >= 15 is 0 Å². The van der Waals surface area contributed by atoms with Gasteiger partial charge in [-0.05, 0) is 64.5 Å². The summed E-state index contributed by atoms with van der Waals surface area (Å²) in [5.41, 5.74) is 4.95. The van der Waals surface area contributed by atoms with Crippen LogP contribution in [0.15, 0.2) is 91.1 Å². The van der Waals surface area contributed by atoms with E-state index in [0.717, 1.165) is 17.2 Å². The van der Waals surface area contributed by atoms with Crippen LogP contribution in [0.25, 0.3) is 0 Å². The number of ether oxygens (including phenoxy) is 2. The monoisotopic (exact) mass is 853 g/mol. The van der Waals surface area contributed by atoms with Crippen molar-refractivity contribution in [3.05, 3.63) is 117 Å². The molecule has 3 heterocycles. The number of pyridine rings is 1. The first-order chi connectivity index (χ1) is 16.7. The van der Waals surface area contributed by atoms with Crippen LogP contribution >= 0.6 is 0 Å². The van der Waals surface area contributed by atoms with E-state index in [2.05, 4.69) is 36.8 Å². The number of para-hydroxylation sites is 1. The summed E-state index contributed by atoms with van der Waals surface area (Å²) in [7, 11) is 0. The minimum absolute atomic E-state index is 0. The molecule has 4 aromatic rings. The molecule has 0 unspecified atom stereocenters. The molecule has 0 saturated carbocycles. The summed E-state index contributed by atoms with van der Waals surface area (Å²) in [6, 6.07) is 27.6. The summed E-state index contributed by atoms with van der Waals surface area (Å²) in [6.45, 7) is 5.87. The van der Waals surface area contributed by atoms with Crippen molar-refractivity contribution in [3.63, 3.8) is 0 Å². The molecule has 0 bridgehead atoms. The van der Waals surface area contributed by atoms with Crippen LogP contribution < -0.4 is 20.4 Å². The van der Waals surface area contributed by atoms with E-state index < -0.39 is 0 Å².